The van der Waals surface area contributed by atoms with Crippen LogP contribution in [0.15, 0.2) is 23.3 Å². The van der Waals surface area contributed by atoms with Gasteiger partial charge in [0, 0.05) is 13.2 Å². The van der Waals surface area contributed by atoms with Gasteiger partial charge in [-0.3, -0.25) is 0 Å². The Morgan fingerprint density at radius 1 is 1.06 bits per heavy atom. The summed E-state index contributed by atoms with van der Waals surface area (Å²) in [4.78, 5) is 0. The van der Waals surface area contributed by atoms with Gasteiger partial charge in [-0.05, 0) is 33.1 Å². The Bertz CT molecular complexity index is 242. The van der Waals surface area contributed by atoms with Crippen molar-refractivity contribution in [3.05, 3.63) is 23.3 Å². The van der Waals surface area contributed by atoms with Gasteiger partial charge in [0.25, 0.3) is 0 Å². The van der Waals surface area contributed by atoms with Crippen LogP contribution in [0.2, 0.25) is 0 Å². The van der Waals surface area contributed by atoms with Crippen molar-refractivity contribution in [3.63, 3.8) is 0 Å². The Morgan fingerprint density at radius 2 is 1.44 bits per heavy atom. The zero-order valence-corrected chi connectivity index (χ0v) is 10.1. The molecule has 0 aliphatic heterocycles. The maximum absolute atomic E-state index is 7.91. The molecule has 0 bridgehead atoms. The van der Waals surface area contributed by atoms with Crippen molar-refractivity contribution in [2.45, 2.75) is 45.3 Å². The van der Waals surface area contributed by atoms with Crippen molar-refractivity contribution in [2.24, 2.45) is 0 Å². The summed E-state index contributed by atoms with van der Waals surface area (Å²) >= 11 is 0. The highest BCUT2D eigenvalue weighted by molar-refractivity contribution is 5.19. The minimum Gasteiger partial charge on any atom is -0.396 e. The highest BCUT2D eigenvalue weighted by atomic mass is 16.5. The fourth-order valence-electron chi connectivity index (χ4n) is 1.67. The molecule has 0 heterocycles. The summed E-state index contributed by atoms with van der Waals surface area (Å²) in [7, 11) is 0. The lowest BCUT2D eigenvalue weighted by Gasteiger charge is -2.31. The Kier molecular flexibility index (Phi) is 5.74. The van der Waals surface area contributed by atoms with Crippen LogP contribution in [0, 0.1) is 0 Å². The fraction of sp³-hybridized carbons (Fsp3) is 0.692. The molecule has 2 N–H and O–H groups in total. The van der Waals surface area contributed by atoms with E-state index in [0.717, 1.165) is 12.8 Å². The molecular weight excluding hydrogens is 204 g/mol. The molecule has 92 valence electrons. The molecule has 2 atom stereocenters. The Labute approximate surface area is 97.4 Å². The monoisotopic (exact) mass is 226 g/mol. The van der Waals surface area contributed by atoms with Gasteiger partial charge in [0.05, 0.1) is 12.2 Å². The van der Waals surface area contributed by atoms with Gasteiger partial charge in [0.15, 0.2) is 0 Å². The van der Waals surface area contributed by atoms with E-state index in [1.165, 1.54) is 11.1 Å². The molecule has 0 saturated heterocycles. The molecule has 3 heteroatoms. The SMILES string of the molecule is CC1=CC(OC2C=C(C)C2)C1.OCCCO. The zero-order valence-electron chi connectivity index (χ0n) is 10.1. The van der Waals surface area contributed by atoms with Crippen molar-refractivity contribution in [1.82, 2.24) is 0 Å². The summed E-state index contributed by atoms with van der Waals surface area (Å²) in [5.41, 5.74) is 2.94. The molecule has 2 aliphatic carbocycles. The highest BCUT2D eigenvalue weighted by Crippen LogP contribution is 2.28. The normalized spacial score (nSPS) is 26.8. The average Bonchev–Trinajstić information content (AvgIpc) is 2.15. The third-order valence-corrected chi connectivity index (χ3v) is 2.65. The molecule has 0 spiro atoms. The molecule has 2 aliphatic rings. The van der Waals surface area contributed by atoms with E-state index in [-0.39, 0.29) is 13.2 Å². The predicted molar refractivity (Wildman–Crippen MR) is 64.2 cm³/mol. The Morgan fingerprint density at radius 3 is 1.62 bits per heavy atom. The second kappa shape index (κ2) is 6.84. The van der Waals surface area contributed by atoms with E-state index < -0.39 is 0 Å². The van der Waals surface area contributed by atoms with E-state index in [2.05, 4.69) is 26.0 Å². The maximum atomic E-state index is 7.91. The lowest BCUT2D eigenvalue weighted by molar-refractivity contribution is 0.0211. The van der Waals surface area contributed by atoms with Crippen LogP contribution in [0.25, 0.3) is 0 Å². The van der Waals surface area contributed by atoms with Gasteiger partial charge < -0.3 is 14.9 Å². The lowest BCUT2D eigenvalue weighted by atomic mass is 9.94. The summed E-state index contributed by atoms with van der Waals surface area (Å²) < 4.78 is 5.71. The molecule has 2 unspecified atom stereocenters. The van der Waals surface area contributed by atoms with Crippen LogP contribution >= 0.6 is 0 Å². The number of aliphatic hydroxyl groups excluding tert-OH is 2. The van der Waals surface area contributed by atoms with E-state index in [1.807, 2.05) is 0 Å². The second-order valence-corrected chi connectivity index (χ2v) is 4.45. The van der Waals surface area contributed by atoms with Crippen LogP contribution in [0.4, 0.5) is 0 Å². The fourth-order valence-corrected chi connectivity index (χ4v) is 1.67. The van der Waals surface area contributed by atoms with Crippen LogP contribution in [0.3, 0.4) is 0 Å². The molecule has 0 aromatic rings. The predicted octanol–water partition coefficient (Wildman–Crippen LogP) is 1.80. The van der Waals surface area contributed by atoms with E-state index in [0.29, 0.717) is 18.6 Å². The van der Waals surface area contributed by atoms with Gasteiger partial charge in [-0.2, -0.15) is 0 Å². The number of hydrogen-bond donors (Lipinski definition) is 2. The summed E-state index contributed by atoms with van der Waals surface area (Å²) in [5.74, 6) is 0. The topological polar surface area (TPSA) is 49.7 Å². The van der Waals surface area contributed by atoms with Crippen molar-refractivity contribution < 1.29 is 14.9 Å². The minimum absolute atomic E-state index is 0.0938. The molecule has 2 rings (SSSR count). The van der Waals surface area contributed by atoms with Crippen LogP contribution < -0.4 is 0 Å². The molecule has 0 saturated carbocycles. The molecule has 0 amide bonds. The van der Waals surface area contributed by atoms with Crippen LogP contribution in [-0.2, 0) is 4.74 Å². The number of aliphatic hydroxyl groups is 2. The third kappa shape index (κ3) is 4.47. The summed E-state index contributed by atoms with van der Waals surface area (Å²) in [6.45, 7) is 4.50. The molecule has 0 radical (unpaired) electrons. The number of ether oxygens (including phenoxy) is 1. The quantitative estimate of drug-likeness (QED) is 0.719. The van der Waals surface area contributed by atoms with E-state index in [4.69, 9.17) is 14.9 Å². The molecule has 0 fully saturated rings. The molecule has 16 heavy (non-hydrogen) atoms. The summed E-state index contributed by atoms with van der Waals surface area (Å²) in [6.07, 6.45) is 8.05. The number of rotatable bonds is 4. The highest BCUT2D eigenvalue weighted by Gasteiger charge is 2.23. The first kappa shape index (κ1) is 13.4. The summed E-state index contributed by atoms with van der Waals surface area (Å²) in [5, 5.41) is 15.8. The van der Waals surface area contributed by atoms with Crippen molar-refractivity contribution in [1.29, 1.82) is 0 Å². The van der Waals surface area contributed by atoms with Gasteiger partial charge in [-0.15, -0.1) is 0 Å². The Hall–Kier alpha value is -0.640. The first-order valence-corrected chi connectivity index (χ1v) is 5.87. The van der Waals surface area contributed by atoms with E-state index >= 15 is 0 Å². The molecule has 0 aromatic heterocycles. The average molecular weight is 226 g/mol. The van der Waals surface area contributed by atoms with Gasteiger partial charge >= 0.3 is 0 Å². The maximum Gasteiger partial charge on any atom is 0.0803 e. The first-order chi connectivity index (χ1) is 7.65. The van der Waals surface area contributed by atoms with Crippen molar-refractivity contribution >= 4 is 0 Å². The summed E-state index contributed by atoms with van der Waals surface area (Å²) in [6, 6.07) is 0. The zero-order chi connectivity index (χ0) is 12.0. The lowest BCUT2D eigenvalue weighted by Crippen LogP contribution is -2.28. The van der Waals surface area contributed by atoms with E-state index in [9.17, 15) is 0 Å². The first-order valence-electron chi connectivity index (χ1n) is 5.87. The minimum atomic E-state index is 0.0938. The van der Waals surface area contributed by atoms with Gasteiger partial charge in [-0.25, -0.2) is 0 Å². The standard InChI is InChI=1S/C10H14O.C3H8O2/c1-7-3-9(4-7)11-10-5-8(2)6-10;4-2-1-3-5/h3,5,9-10H,4,6H2,1-2H3;4-5H,1-3H2. The smallest absolute Gasteiger partial charge is 0.0803 e. The van der Waals surface area contributed by atoms with Crippen molar-refractivity contribution in [3.8, 4) is 0 Å². The van der Waals surface area contributed by atoms with Crippen LogP contribution in [-0.4, -0.2) is 35.6 Å². The van der Waals surface area contributed by atoms with Gasteiger partial charge in [0.2, 0.25) is 0 Å². The second-order valence-electron chi connectivity index (χ2n) is 4.45. The van der Waals surface area contributed by atoms with Crippen molar-refractivity contribution in [2.75, 3.05) is 13.2 Å². The molecule has 0 aromatic carbocycles. The van der Waals surface area contributed by atoms with E-state index in [1.54, 1.807) is 0 Å². The largest absolute Gasteiger partial charge is 0.396 e. The Balaban J connectivity index is 0.000000221. The van der Waals surface area contributed by atoms with Crippen LogP contribution in [0.1, 0.15) is 33.1 Å². The molecular formula is C13H22O3. The third-order valence-electron chi connectivity index (χ3n) is 2.65. The van der Waals surface area contributed by atoms with Gasteiger partial charge in [0.1, 0.15) is 0 Å². The molecule has 3 nitrogen and oxygen atoms in total. The number of hydrogen-bond acceptors (Lipinski definition) is 3. The van der Waals surface area contributed by atoms with Crippen LogP contribution in [0.5, 0.6) is 0 Å². The van der Waals surface area contributed by atoms with Gasteiger partial charge in [-0.1, -0.05) is 23.3 Å².